The van der Waals surface area contributed by atoms with Crippen LogP contribution in [0.5, 0.6) is 5.75 Å². The minimum Gasteiger partial charge on any atom is -0.507 e. The molecule has 212 valence electrons. The van der Waals surface area contributed by atoms with E-state index in [-0.39, 0.29) is 41.7 Å². The van der Waals surface area contributed by atoms with Gasteiger partial charge in [0.1, 0.15) is 5.75 Å². The van der Waals surface area contributed by atoms with E-state index in [2.05, 4.69) is 26.0 Å². The molecular weight excluding hydrogens is 498 g/mol. The number of hydrogen-bond donors (Lipinski definition) is 1. The van der Waals surface area contributed by atoms with Crippen LogP contribution in [0.3, 0.4) is 0 Å². The Balaban J connectivity index is 1.23. The number of allylic oxidation sites excluding steroid dienone is 2. The van der Waals surface area contributed by atoms with Gasteiger partial charge in [-0.25, -0.2) is 0 Å². The van der Waals surface area contributed by atoms with Gasteiger partial charge in [-0.2, -0.15) is 0 Å². The molecule has 0 radical (unpaired) electrons. The van der Waals surface area contributed by atoms with Gasteiger partial charge in [0.2, 0.25) is 11.8 Å². The molecular formula is C35H43NO4. The van der Waals surface area contributed by atoms with Crippen molar-refractivity contribution in [2.24, 2.45) is 17.8 Å². The molecule has 1 N–H and O–H groups in total. The fourth-order valence-electron chi connectivity index (χ4n) is 8.09. The summed E-state index contributed by atoms with van der Waals surface area (Å²) in [4.78, 5) is 29.1. The number of benzene rings is 2. The predicted octanol–water partition coefficient (Wildman–Crippen LogP) is 7.57. The van der Waals surface area contributed by atoms with Crippen molar-refractivity contribution < 1.29 is 19.4 Å². The van der Waals surface area contributed by atoms with Crippen LogP contribution < -0.4 is 0 Å². The number of hydrogen-bond acceptors (Lipinski definition) is 4. The van der Waals surface area contributed by atoms with Gasteiger partial charge >= 0.3 is 0 Å². The van der Waals surface area contributed by atoms with Gasteiger partial charge in [0.25, 0.3) is 0 Å². The van der Waals surface area contributed by atoms with Crippen LogP contribution >= 0.6 is 0 Å². The van der Waals surface area contributed by atoms with Crippen molar-refractivity contribution in [3.8, 4) is 5.75 Å². The number of carbonyl (C=O) groups is 2. The minimum atomic E-state index is -0.237. The monoisotopic (exact) mass is 541 g/mol. The summed E-state index contributed by atoms with van der Waals surface area (Å²) in [5, 5.41) is 12.3. The molecule has 0 aromatic heterocycles. The Kier molecular flexibility index (Phi) is 7.85. The zero-order chi connectivity index (χ0) is 27.8. The number of imide groups is 1. The Bertz CT molecular complexity index is 1350. The molecule has 5 nitrogen and oxygen atoms in total. The second-order valence-corrected chi connectivity index (χ2v) is 12.3. The molecule has 1 saturated carbocycles. The molecule has 5 heteroatoms. The van der Waals surface area contributed by atoms with Crippen LogP contribution in [-0.2, 0) is 14.3 Å². The van der Waals surface area contributed by atoms with Crippen molar-refractivity contribution in [3.63, 3.8) is 0 Å². The first-order valence-electron chi connectivity index (χ1n) is 15.6. The maximum atomic E-state index is 13.8. The highest BCUT2D eigenvalue weighted by Gasteiger charge is 2.57. The highest BCUT2D eigenvalue weighted by atomic mass is 16.5. The average molecular weight is 542 g/mol. The van der Waals surface area contributed by atoms with Crippen molar-refractivity contribution >= 4 is 28.7 Å². The Labute approximate surface area is 238 Å². The van der Waals surface area contributed by atoms with Gasteiger partial charge in [-0.05, 0) is 67.5 Å². The number of aromatic hydroxyl groups is 1. The number of phenols is 1. The number of fused-ring (bicyclic) bond motifs is 4. The number of nitrogens with zero attached hydrogens (tertiary/aromatic N) is 1. The molecule has 2 aliphatic carbocycles. The van der Waals surface area contributed by atoms with E-state index in [9.17, 15) is 14.7 Å². The van der Waals surface area contributed by atoms with E-state index in [4.69, 9.17) is 4.74 Å². The molecule has 2 aliphatic heterocycles. The Morgan fingerprint density at radius 1 is 0.975 bits per heavy atom. The first-order valence-corrected chi connectivity index (χ1v) is 15.6. The lowest BCUT2D eigenvalue weighted by Crippen LogP contribution is -2.42. The quantitative estimate of drug-likeness (QED) is 0.276. The maximum absolute atomic E-state index is 13.8. The van der Waals surface area contributed by atoms with Crippen molar-refractivity contribution in [2.75, 3.05) is 6.61 Å². The molecule has 4 aliphatic rings. The number of phenolic OH excluding ortho intramolecular Hbond substituents is 1. The van der Waals surface area contributed by atoms with Crippen molar-refractivity contribution in [1.29, 1.82) is 0 Å². The summed E-state index contributed by atoms with van der Waals surface area (Å²) in [6, 6.07) is 11.9. The molecule has 3 fully saturated rings. The summed E-state index contributed by atoms with van der Waals surface area (Å²) in [5.41, 5.74) is 5.20. The minimum absolute atomic E-state index is 0.0179. The third-order valence-corrected chi connectivity index (χ3v) is 10.0. The summed E-state index contributed by atoms with van der Waals surface area (Å²) in [6.45, 7) is 4.95. The van der Waals surface area contributed by atoms with Crippen molar-refractivity contribution in [1.82, 2.24) is 4.90 Å². The Morgan fingerprint density at radius 2 is 1.75 bits per heavy atom. The highest BCUT2D eigenvalue weighted by molar-refractivity contribution is 6.06. The average Bonchev–Trinajstić information content (AvgIpc) is 3.51. The van der Waals surface area contributed by atoms with Gasteiger partial charge in [-0.15, -0.1) is 0 Å². The molecule has 2 aromatic rings. The molecule has 40 heavy (non-hydrogen) atoms. The summed E-state index contributed by atoms with van der Waals surface area (Å²) in [6.07, 6.45) is 13.2. The molecule has 6 rings (SSSR count). The maximum Gasteiger partial charge on any atom is 0.234 e. The number of likely N-dealkylation sites (tertiary alicyclic amines) is 1. The van der Waals surface area contributed by atoms with E-state index < -0.39 is 0 Å². The van der Waals surface area contributed by atoms with Gasteiger partial charge in [0, 0.05) is 17.3 Å². The molecule has 0 bridgehead atoms. The molecule has 2 amide bonds. The van der Waals surface area contributed by atoms with Gasteiger partial charge < -0.3 is 9.84 Å². The van der Waals surface area contributed by atoms with Crippen LogP contribution in [0.15, 0.2) is 53.1 Å². The standard InChI is InChI=1S/C35H43NO4/c1-3-10-22(19-24-16-17-30(37)27-14-9-8-13-26(24)27)15-18-31-32-23(4-2)20-28-33(29(32)21-40-31)35(39)36(34(28)38)25-11-6-5-7-12-25/h8-9,13-14,16-17,19,25,28-29,31,33,37H,3-7,10-12,15,18,20-21H2,1-2H3/b22-19+/t28-,29+,31-,33-/m1/s1. The second kappa shape index (κ2) is 11.5. The Hall–Kier alpha value is -2.92. The smallest absolute Gasteiger partial charge is 0.234 e. The van der Waals surface area contributed by atoms with E-state index >= 15 is 0 Å². The van der Waals surface area contributed by atoms with Gasteiger partial charge in [0.15, 0.2) is 0 Å². The number of carbonyl (C=O) groups excluding carboxylic acids is 2. The van der Waals surface area contributed by atoms with E-state index in [0.29, 0.717) is 12.4 Å². The third kappa shape index (κ3) is 4.81. The molecule has 2 saturated heterocycles. The molecule has 2 aromatic carbocycles. The van der Waals surface area contributed by atoms with Crippen LogP contribution in [0, 0.1) is 17.8 Å². The van der Waals surface area contributed by atoms with Crippen LogP contribution in [0.2, 0.25) is 0 Å². The van der Waals surface area contributed by atoms with E-state index in [0.717, 1.165) is 80.5 Å². The third-order valence-electron chi connectivity index (χ3n) is 10.0. The number of amides is 2. The molecule has 0 unspecified atom stereocenters. The summed E-state index contributed by atoms with van der Waals surface area (Å²) < 4.78 is 6.47. The second-order valence-electron chi connectivity index (χ2n) is 12.3. The fraction of sp³-hybridized carbons (Fsp3) is 0.543. The van der Waals surface area contributed by atoms with Gasteiger partial charge in [-0.3, -0.25) is 14.5 Å². The fourth-order valence-corrected chi connectivity index (χ4v) is 8.09. The number of rotatable bonds is 8. The zero-order valence-corrected chi connectivity index (χ0v) is 24.0. The largest absolute Gasteiger partial charge is 0.507 e. The SMILES string of the molecule is CCC/C(=C\c1ccc(O)c2ccccc12)CC[C@H]1OC[C@H]2C1=C(CC)C[C@H]1C(=O)N(C3CCCCC3)C(=O)[C@H]12. The highest BCUT2D eigenvalue weighted by Crippen LogP contribution is 2.51. The van der Waals surface area contributed by atoms with Crippen LogP contribution in [0.25, 0.3) is 16.8 Å². The first kappa shape index (κ1) is 27.3. The van der Waals surface area contributed by atoms with E-state index in [1.165, 1.54) is 23.1 Å². The topological polar surface area (TPSA) is 66.8 Å². The van der Waals surface area contributed by atoms with E-state index in [1.807, 2.05) is 24.3 Å². The Morgan fingerprint density at radius 3 is 2.50 bits per heavy atom. The lowest BCUT2D eigenvalue weighted by molar-refractivity contribution is -0.143. The van der Waals surface area contributed by atoms with Gasteiger partial charge in [0.05, 0.1) is 24.5 Å². The van der Waals surface area contributed by atoms with Crippen LogP contribution in [0.1, 0.15) is 90.0 Å². The predicted molar refractivity (Wildman–Crippen MR) is 159 cm³/mol. The normalized spacial score (nSPS) is 27.6. The van der Waals surface area contributed by atoms with Crippen LogP contribution in [-0.4, -0.2) is 40.6 Å². The molecule has 2 heterocycles. The van der Waals surface area contributed by atoms with Crippen molar-refractivity contribution in [3.05, 3.63) is 58.7 Å². The van der Waals surface area contributed by atoms with Crippen LogP contribution in [0.4, 0.5) is 0 Å². The van der Waals surface area contributed by atoms with Gasteiger partial charge in [-0.1, -0.05) is 87.1 Å². The van der Waals surface area contributed by atoms with E-state index in [1.54, 1.807) is 11.0 Å². The molecule has 0 spiro atoms. The zero-order valence-electron chi connectivity index (χ0n) is 24.0. The first-order chi connectivity index (χ1) is 19.5. The van der Waals surface area contributed by atoms with Crippen molar-refractivity contribution in [2.45, 2.75) is 96.6 Å². The lowest BCUT2D eigenvalue weighted by Gasteiger charge is -2.31. The summed E-state index contributed by atoms with van der Waals surface area (Å²) in [7, 11) is 0. The summed E-state index contributed by atoms with van der Waals surface area (Å²) in [5.74, 6) is 0.0898. The summed E-state index contributed by atoms with van der Waals surface area (Å²) >= 11 is 0. The number of ether oxygens (including phenoxy) is 1. The lowest BCUT2D eigenvalue weighted by atomic mass is 9.69. The molecule has 4 atom stereocenters.